The number of thioether (sulfide) groups is 1. The number of carbonyl (C=O) groups excluding carboxylic acids is 1. The van der Waals surface area contributed by atoms with E-state index in [2.05, 4.69) is 10.3 Å². The number of hydrogen-bond donors (Lipinski definition) is 3. The fourth-order valence-corrected chi connectivity index (χ4v) is 4.13. The SMILES string of the molecule is O=C(CCc1c[nH]c2ccccc12)N[C@@]1(C(=O)O)CCSC1. The van der Waals surface area contributed by atoms with E-state index in [4.69, 9.17) is 0 Å². The van der Waals surface area contributed by atoms with Gasteiger partial charge in [-0.15, -0.1) is 0 Å². The minimum absolute atomic E-state index is 0.199. The zero-order valence-corrected chi connectivity index (χ0v) is 12.9. The molecule has 0 bridgehead atoms. The molecule has 0 saturated carbocycles. The van der Waals surface area contributed by atoms with Crippen molar-refractivity contribution in [1.29, 1.82) is 0 Å². The molecule has 3 N–H and O–H groups in total. The number of benzene rings is 1. The van der Waals surface area contributed by atoms with Crippen molar-refractivity contribution < 1.29 is 14.7 Å². The van der Waals surface area contributed by atoms with Gasteiger partial charge in [0.1, 0.15) is 5.54 Å². The number of fused-ring (bicyclic) bond motifs is 1. The van der Waals surface area contributed by atoms with Gasteiger partial charge >= 0.3 is 5.97 Å². The highest BCUT2D eigenvalue weighted by atomic mass is 32.2. The summed E-state index contributed by atoms with van der Waals surface area (Å²) in [5, 5.41) is 13.2. The Kier molecular flexibility index (Phi) is 4.11. The first kappa shape index (κ1) is 15.0. The monoisotopic (exact) mass is 318 g/mol. The Balaban J connectivity index is 1.64. The number of nitrogens with one attached hydrogen (secondary N) is 2. The summed E-state index contributed by atoms with van der Waals surface area (Å²) in [6, 6.07) is 7.94. The van der Waals surface area contributed by atoms with Gasteiger partial charge in [-0.1, -0.05) is 18.2 Å². The van der Waals surface area contributed by atoms with Gasteiger partial charge in [-0.05, 0) is 30.2 Å². The maximum Gasteiger partial charge on any atom is 0.330 e. The van der Waals surface area contributed by atoms with Crippen LogP contribution in [0.4, 0.5) is 0 Å². The van der Waals surface area contributed by atoms with E-state index in [-0.39, 0.29) is 5.91 Å². The van der Waals surface area contributed by atoms with Crippen LogP contribution in [0.2, 0.25) is 0 Å². The molecule has 1 aliphatic heterocycles. The molecule has 1 aliphatic rings. The van der Waals surface area contributed by atoms with Crippen LogP contribution in [-0.2, 0) is 16.0 Å². The molecule has 116 valence electrons. The molecule has 1 aromatic carbocycles. The van der Waals surface area contributed by atoms with Gasteiger partial charge in [0.25, 0.3) is 0 Å². The first-order chi connectivity index (χ1) is 10.6. The van der Waals surface area contributed by atoms with Crippen LogP contribution >= 0.6 is 11.8 Å². The Morgan fingerprint density at radius 1 is 1.36 bits per heavy atom. The topological polar surface area (TPSA) is 82.2 Å². The summed E-state index contributed by atoms with van der Waals surface area (Å²) in [5.41, 5.74) is 1.05. The summed E-state index contributed by atoms with van der Waals surface area (Å²) in [4.78, 5) is 26.8. The van der Waals surface area contributed by atoms with Gasteiger partial charge in [0.05, 0.1) is 0 Å². The number of aryl methyl sites for hydroxylation is 1. The van der Waals surface area contributed by atoms with Crippen LogP contribution in [0.1, 0.15) is 18.4 Å². The molecule has 1 amide bonds. The van der Waals surface area contributed by atoms with Crippen molar-refractivity contribution in [2.75, 3.05) is 11.5 Å². The van der Waals surface area contributed by atoms with Crippen LogP contribution in [0, 0.1) is 0 Å². The van der Waals surface area contributed by atoms with Crippen molar-refractivity contribution in [3.63, 3.8) is 0 Å². The Hall–Kier alpha value is -1.95. The number of carboxylic acids is 1. The Labute approximate surface area is 132 Å². The second kappa shape index (κ2) is 6.04. The highest BCUT2D eigenvalue weighted by molar-refractivity contribution is 7.99. The molecular weight excluding hydrogens is 300 g/mol. The molecule has 0 aliphatic carbocycles. The van der Waals surface area contributed by atoms with Crippen LogP contribution in [-0.4, -0.2) is 39.0 Å². The molecule has 2 heterocycles. The average Bonchev–Trinajstić information content (AvgIpc) is 3.13. The lowest BCUT2D eigenvalue weighted by Gasteiger charge is -2.24. The predicted molar refractivity (Wildman–Crippen MR) is 87.1 cm³/mol. The van der Waals surface area contributed by atoms with E-state index in [1.807, 2.05) is 30.5 Å². The average molecular weight is 318 g/mol. The number of aromatic nitrogens is 1. The first-order valence-corrected chi connectivity index (χ1v) is 8.43. The van der Waals surface area contributed by atoms with E-state index in [9.17, 15) is 14.7 Å². The number of hydrogen-bond acceptors (Lipinski definition) is 3. The minimum Gasteiger partial charge on any atom is -0.479 e. The van der Waals surface area contributed by atoms with Crippen molar-refractivity contribution in [3.8, 4) is 0 Å². The molecule has 0 unspecified atom stereocenters. The standard InChI is InChI=1S/C16H18N2O3S/c19-14(18-16(15(20)21)7-8-22-10-16)6-5-11-9-17-13-4-2-1-3-12(11)13/h1-4,9,17H,5-8,10H2,(H,18,19)(H,20,21)/t16-/m0/s1. The van der Waals surface area contributed by atoms with E-state index < -0.39 is 11.5 Å². The summed E-state index contributed by atoms with van der Waals surface area (Å²) in [6.45, 7) is 0. The van der Waals surface area contributed by atoms with Gasteiger partial charge in [0, 0.05) is 29.3 Å². The normalized spacial score (nSPS) is 21.1. The summed E-state index contributed by atoms with van der Waals surface area (Å²) in [7, 11) is 0. The molecule has 6 heteroatoms. The maximum atomic E-state index is 12.1. The van der Waals surface area contributed by atoms with Gasteiger partial charge in [-0.2, -0.15) is 11.8 Å². The lowest BCUT2D eigenvalue weighted by molar-refractivity contribution is -0.146. The second-order valence-electron chi connectivity index (χ2n) is 5.60. The van der Waals surface area contributed by atoms with Crippen molar-refractivity contribution in [3.05, 3.63) is 36.0 Å². The fraction of sp³-hybridized carbons (Fsp3) is 0.375. The van der Waals surface area contributed by atoms with Crippen LogP contribution in [0.15, 0.2) is 30.5 Å². The number of rotatable bonds is 5. The molecule has 5 nitrogen and oxygen atoms in total. The summed E-state index contributed by atoms with van der Waals surface area (Å²) < 4.78 is 0. The Morgan fingerprint density at radius 2 is 2.18 bits per heavy atom. The quantitative estimate of drug-likeness (QED) is 0.789. The lowest BCUT2D eigenvalue weighted by atomic mass is 9.98. The molecule has 0 radical (unpaired) electrons. The largest absolute Gasteiger partial charge is 0.479 e. The number of aliphatic carboxylic acids is 1. The van der Waals surface area contributed by atoms with Crippen LogP contribution in [0.5, 0.6) is 0 Å². The molecular formula is C16H18N2O3S. The van der Waals surface area contributed by atoms with Crippen molar-refractivity contribution in [2.45, 2.75) is 24.8 Å². The van der Waals surface area contributed by atoms with Gasteiger partial charge in [0.2, 0.25) is 5.91 Å². The zero-order chi connectivity index (χ0) is 15.6. The van der Waals surface area contributed by atoms with Gasteiger partial charge in [0.15, 0.2) is 0 Å². The second-order valence-corrected chi connectivity index (χ2v) is 6.70. The first-order valence-electron chi connectivity index (χ1n) is 7.28. The summed E-state index contributed by atoms with van der Waals surface area (Å²) >= 11 is 1.57. The fourth-order valence-electron chi connectivity index (χ4n) is 2.80. The zero-order valence-electron chi connectivity index (χ0n) is 12.1. The molecule has 22 heavy (non-hydrogen) atoms. The smallest absolute Gasteiger partial charge is 0.330 e. The molecule has 2 aromatic rings. The molecule has 3 rings (SSSR count). The van der Waals surface area contributed by atoms with Crippen molar-refractivity contribution in [2.24, 2.45) is 0 Å². The van der Waals surface area contributed by atoms with E-state index in [0.29, 0.717) is 25.0 Å². The molecule has 1 atom stereocenters. The van der Waals surface area contributed by atoms with Gasteiger partial charge in [-0.25, -0.2) is 4.79 Å². The highest BCUT2D eigenvalue weighted by Gasteiger charge is 2.43. The third-order valence-electron chi connectivity index (χ3n) is 4.11. The third-order valence-corrected chi connectivity index (χ3v) is 5.30. The maximum absolute atomic E-state index is 12.1. The third kappa shape index (κ3) is 2.83. The molecule has 1 saturated heterocycles. The predicted octanol–water partition coefficient (Wildman–Crippen LogP) is 2.18. The van der Waals surface area contributed by atoms with Crippen LogP contribution < -0.4 is 5.32 Å². The number of carboxylic acid groups (broad SMARTS) is 1. The van der Waals surface area contributed by atoms with E-state index in [0.717, 1.165) is 22.2 Å². The Morgan fingerprint density at radius 3 is 2.91 bits per heavy atom. The van der Waals surface area contributed by atoms with Crippen LogP contribution in [0.25, 0.3) is 10.9 Å². The summed E-state index contributed by atoms with van der Waals surface area (Å²) in [5.74, 6) is 0.0871. The number of para-hydroxylation sites is 1. The highest BCUT2D eigenvalue weighted by Crippen LogP contribution is 2.28. The van der Waals surface area contributed by atoms with Gasteiger partial charge in [-0.3, -0.25) is 4.79 Å². The molecule has 0 spiro atoms. The lowest BCUT2D eigenvalue weighted by Crippen LogP contribution is -2.54. The number of H-pyrrole nitrogens is 1. The molecule has 1 fully saturated rings. The van der Waals surface area contributed by atoms with Crippen molar-refractivity contribution >= 4 is 34.5 Å². The molecule has 1 aromatic heterocycles. The van der Waals surface area contributed by atoms with Crippen molar-refractivity contribution in [1.82, 2.24) is 10.3 Å². The Bertz CT molecular complexity index is 704. The van der Waals surface area contributed by atoms with Gasteiger partial charge < -0.3 is 15.4 Å². The van der Waals surface area contributed by atoms with E-state index >= 15 is 0 Å². The van der Waals surface area contributed by atoms with E-state index in [1.165, 1.54) is 0 Å². The van der Waals surface area contributed by atoms with Crippen LogP contribution in [0.3, 0.4) is 0 Å². The summed E-state index contributed by atoms with van der Waals surface area (Å²) in [6.07, 6.45) is 3.29. The number of amides is 1. The van der Waals surface area contributed by atoms with E-state index in [1.54, 1.807) is 11.8 Å². The minimum atomic E-state index is -1.08. The number of carbonyl (C=O) groups is 2. The number of aromatic amines is 1.